The molecule has 0 aromatic heterocycles. The molecule has 1 aliphatic rings. The van der Waals surface area contributed by atoms with Crippen molar-refractivity contribution in [2.45, 2.75) is 45.6 Å². The van der Waals surface area contributed by atoms with E-state index < -0.39 is 0 Å². The van der Waals surface area contributed by atoms with Crippen LogP contribution in [0, 0.1) is 5.92 Å². The van der Waals surface area contributed by atoms with E-state index >= 15 is 0 Å². The predicted molar refractivity (Wildman–Crippen MR) is 45.1 cm³/mol. The number of piperidine rings is 1. The highest BCUT2D eigenvalue weighted by molar-refractivity contribution is 4.88. The number of hydrogen-bond acceptors (Lipinski definition) is 1. The first-order valence-corrected chi connectivity index (χ1v) is 4.40. The van der Waals surface area contributed by atoms with Crippen molar-refractivity contribution in [3.63, 3.8) is 0 Å². The van der Waals surface area contributed by atoms with E-state index in [0.29, 0.717) is 5.54 Å². The maximum atomic E-state index is 3.59. The van der Waals surface area contributed by atoms with Gasteiger partial charge in [0.15, 0.2) is 0 Å². The van der Waals surface area contributed by atoms with Crippen LogP contribution in [-0.4, -0.2) is 12.1 Å². The van der Waals surface area contributed by atoms with Crippen molar-refractivity contribution in [1.29, 1.82) is 0 Å². The van der Waals surface area contributed by atoms with E-state index in [4.69, 9.17) is 0 Å². The molecule has 1 saturated heterocycles. The van der Waals surface area contributed by atoms with Crippen LogP contribution >= 0.6 is 0 Å². The lowest BCUT2D eigenvalue weighted by Crippen LogP contribution is -2.49. The van der Waals surface area contributed by atoms with Gasteiger partial charge in [-0.2, -0.15) is 0 Å². The summed E-state index contributed by atoms with van der Waals surface area (Å²) in [6.07, 6.45) is 4.12. The summed E-state index contributed by atoms with van der Waals surface area (Å²) in [5, 5.41) is 3.59. The molecule has 1 fully saturated rings. The lowest BCUT2D eigenvalue weighted by molar-refractivity contribution is 0.206. The maximum Gasteiger partial charge on any atom is 0.0176 e. The molecule has 1 heterocycles. The Balaban J connectivity index is 2.48. The highest BCUT2D eigenvalue weighted by Crippen LogP contribution is 2.25. The average molecular weight is 141 g/mol. The average Bonchev–Trinajstić information content (AvgIpc) is 1.89. The Kier molecular flexibility index (Phi) is 2.35. The summed E-state index contributed by atoms with van der Waals surface area (Å²) < 4.78 is 0. The zero-order chi connectivity index (χ0) is 7.61. The molecule has 1 aliphatic heterocycles. The molecule has 1 rings (SSSR count). The second-order valence-corrected chi connectivity index (χ2v) is 3.96. The topological polar surface area (TPSA) is 12.0 Å². The van der Waals surface area contributed by atoms with E-state index in [1.165, 1.54) is 25.8 Å². The Morgan fingerprint density at radius 1 is 1.30 bits per heavy atom. The highest BCUT2D eigenvalue weighted by Gasteiger charge is 2.28. The van der Waals surface area contributed by atoms with Gasteiger partial charge in [0.1, 0.15) is 0 Å². The van der Waals surface area contributed by atoms with E-state index in [0.717, 1.165) is 5.92 Å². The molecule has 0 spiro atoms. The van der Waals surface area contributed by atoms with E-state index in [9.17, 15) is 0 Å². The summed E-state index contributed by atoms with van der Waals surface area (Å²) >= 11 is 0. The molecule has 1 heteroatoms. The molecule has 60 valence electrons. The molecule has 1 atom stereocenters. The summed E-state index contributed by atoms with van der Waals surface area (Å²) in [7, 11) is 0. The van der Waals surface area contributed by atoms with Gasteiger partial charge in [-0.1, -0.05) is 20.3 Å². The van der Waals surface area contributed by atoms with Crippen LogP contribution in [0.1, 0.15) is 40.0 Å². The van der Waals surface area contributed by atoms with Crippen molar-refractivity contribution in [3.8, 4) is 0 Å². The highest BCUT2D eigenvalue weighted by atomic mass is 15.0. The SMILES string of the molecule is CC(C)[C@]1(C)CCCCN1. The first-order valence-electron chi connectivity index (χ1n) is 4.40. The Labute approximate surface area is 64.2 Å². The molecule has 1 N–H and O–H groups in total. The number of nitrogens with one attached hydrogen (secondary N) is 1. The fraction of sp³-hybridized carbons (Fsp3) is 1.00. The molecule has 0 unspecified atom stereocenters. The van der Waals surface area contributed by atoms with E-state index in [1.54, 1.807) is 0 Å². The Hall–Kier alpha value is -0.0400. The van der Waals surface area contributed by atoms with Crippen LogP contribution in [0.25, 0.3) is 0 Å². The minimum atomic E-state index is 0.429. The van der Waals surface area contributed by atoms with Crippen LogP contribution in [0.4, 0.5) is 0 Å². The normalized spacial score (nSPS) is 34.8. The van der Waals surface area contributed by atoms with Crippen molar-refractivity contribution < 1.29 is 0 Å². The third kappa shape index (κ3) is 1.51. The van der Waals surface area contributed by atoms with Crippen LogP contribution in [-0.2, 0) is 0 Å². The van der Waals surface area contributed by atoms with Gasteiger partial charge in [-0.15, -0.1) is 0 Å². The molecule has 0 aromatic carbocycles. The third-order valence-electron chi connectivity index (χ3n) is 2.93. The summed E-state index contributed by atoms with van der Waals surface area (Å²) in [5.41, 5.74) is 0.429. The second kappa shape index (κ2) is 2.91. The summed E-state index contributed by atoms with van der Waals surface area (Å²) in [5.74, 6) is 0.771. The minimum Gasteiger partial charge on any atom is -0.311 e. The molecule has 0 amide bonds. The Bertz CT molecular complexity index is 101. The molecule has 1 nitrogen and oxygen atoms in total. The second-order valence-electron chi connectivity index (χ2n) is 3.96. The first-order chi connectivity index (χ1) is 4.65. The lowest BCUT2D eigenvalue weighted by atomic mass is 9.81. The van der Waals surface area contributed by atoms with Crippen LogP contribution in [0.3, 0.4) is 0 Å². The molecular formula is C9H19N. The summed E-state index contributed by atoms with van der Waals surface area (Å²) in [4.78, 5) is 0. The predicted octanol–water partition coefficient (Wildman–Crippen LogP) is 2.17. The van der Waals surface area contributed by atoms with Crippen molar-refractivity contribution in [2.75, 3.05) is 6.54 Å². The van der Waals surface area contributed by atoms with Crippen molar-refractivity contribution >= 4 is 0 Å². The molecule has 0 saturated carbocycles. The Morgan fingerprint density at radius 2 is 2.00 bits per heavy atom. The van der Waals surface area contributed by atoms with Crippen molar-refractivity contribution in [2.24, 2.45) is 5.92 Å². The molecule has 0 aliphatic carbocycles. The Morgan fingerprint density at radius 3 is 2.30 bits per heavy atom. The van der Waals surface area contributed by atoms with E-state index in [-0.39, 0.29) is 0 Å². The minimum absolute atomic E-state index is 0.429. The summed E-state index contributed by atoms with van der Waals surface area (Å²) in [6, 6.07) is 0. The van der Waals surface area contributed by atoms with Crippen molar-refractivity contribution in [1.82, 2.24) is 5.32 Å². The van der Waals surface area contributed by atoms with Gasteiger partial charge >= 0.3 is 0 Å². The zero-order valence-corrected chi connectivity index (χ0v) is 7.41. The molecule has 0 aromatic rings. The largest absolute Gasteiger partial charge is 0.311 e. The lowest BCUT2D eigenvalue weighted by Gasteiger charge is -2.38. The molecular weight excluding hydrogens is 122 g/mol. The van der Waals surface area contributed by atoms with E-state index in [2.05, 4.69) is 26.1 Å². The third-order valence-corrected chi connectivity index (χ3v) is 2.93. The zero-order valence-electron chi connectivity index (χ0n) is 7.41. The van der Waals surface area contributed by atoms with Crippen molar-refractivity contribution in [3.05, 3.63) is 0 Å². The first kappa shape index (κ1) is 8.06. The molecule has 0 bridgehead atoms. The smallest absolute Gasteiger partial charge is 0.0176 e. The quantitative estimate of drug-likeness (QED) is 0.590. The molecule has 0 radical (unpaired) electrons. The maximum absolute atomic E-state index is 3.59. The van der Waals surface area contributed by atoms with E-state index in [1.807, 2.05) is 0 Å². The van der Waals surface area contributed by atoms with Gasteiger partial charge < -0.3 is 5.32 Å². The fourth-order valence-corrected chi connectivity index (χ4v) is 1.57. The van der Waals surface area contributed by atoms with Crippen LogP contribution in [0.5, 0.6) is 0 Å². The van der Waals surface area contributed by atoms with Gasteiger partial charge in [-0.3, -0.25) is 0 Å². The van der Waals surface area contributed by atoms with Crippen LogP contribution in [0.2, 0.25) is 0 Å². The summed E-state index contributed by atoms with van der Waals surface area (Å²) in [6.45, 7) is 8.17. The van der Waals surface area contributed by atoms with Gasteiger partial charge in [0.25, 0.3) is 0 Å². The van der Waals surface area contributed by atoms with Gasteiger partial charge in [-0.25, -0.2) is 0 Å². The fourth-order valence-electron chi connectivity index (χ4n) is 1.57. The van der Waals surface area contributed by atoms with Crippen LogP contribution < -0.4 is 5.32 Å². The standard InChI is InChI=1S/C9H19N/c1-8(2)9(3)6-4-5-7-10-9/h8,10H,4-7H2,1-3H3/t9-/m0/s1. The number of rotatable bonds is 1. The van der Waals surface area contributed by atoms with Gasteiger partial charge in [0, 0.05) is 5.54 Å². The van der Waals surface area contributed by atoms with Gasteiger partial charge in [0.05, 0.1) is 0 Å². The monoisotopic (exact) mass is 141 g/mol. The molecule has 10 heavy (non-hydrogen) atoms. The number of hydrogen-bond donors (Lipinski definition) is 1. The van der Waals surface area contributed by atoms with Crippen LogP contribution in [0.15, 0.2) is 0 Å². The van der Waals surface area contributed by atoms with Gasteiger partial charge in [-0.05, 0) is 32.2 Å². The van der Waals surface area contributed by atoms with Gasteiger partial charge in [0.2, 0.25) is 0 Å².